The number of hydrogen-bond acceptors (Lipinski definition) is 5. The summed E-state index contributed by atoms with van der Waals surface area (Å²) in [6, 6.07) is -0.197. The first kappa shape index (κ1) is 14.9. The summed E-state index contributed by atoms with van der Waals surface area (Å²) in [6.07, 6.45) is 1.06. The van der Waals surface area contributed by atoms with Crippen LogP contribution in [0.3, 0.4) is 0 Å². The molecule has 0 amide bonds. The first-order valence-electron chi connectivity index (χ1n) is 5.71. The summed E-state index contributed by atoms with van der Waals surface area (Å²) in [4.78, 5) is 0. The summed E-state index contributed by atoms with van der Waals surface area (Å²) < 4.78 is 48.6. The molecule has 1 rings (SSSR count). The molecule has 1 fully saturated rings. The van der Waals surface area contributed by atoms with Gasteiger partial charge in [-0.15, -0.1) is 0 Å². The summed E-state index contributed by atoms with van der Waals surface area (Å²) in [7, 11) is -6.46. The van der Waals surface area contributed by atoms with Crippen LogP contribution in [0.1, 0.15) is 26.2 Å². The third-order valence-corrected chi connectivity index (χ3v) is 6.65. The highest BCUT2D eigenvalue weighted by Crippen LogP contribution is 2.18. The highest BCUT2D eigenvalue weighted by atomic mass is 32.2. The van der Waals surface area contributed by atoms with Crippen LogP contribution < -0.4 is 10.5 Å². The molecule has 1 heterocycles. The minimum Gasteiger partial charge on any atom is -0.327 e. The second kappa shape index (κ2) is 5.64. The molecule has 3 N–H and O–H groups in total. The van der Waals surface area contributed by atoms with E-state index in [4.69, 9.17) is 5.73 Å². The fraction of sp³-hybridized carbons (Fsp3) is 1.00. The van der Waals surface area contributed by atoms with Crippen LogP contribution in [0.25, 0.3) is 0 Å². The lowest BCUT2D eigenvalue weighted by Crippen LogP contribution is -2.44. The molecule has 8 heteroatoms. The van der Waals surface area contributed by atoms with Gasteiger partial charge in [0.1, 0.15) is 9.84 Å². The van der Waals surface area contributed by atoms with Crippen molar-refractivity contribution in [2.45, 2.75) is 37.5 Å². The van der Waals surface area contributed by atoms with Crippen molar-refractivity contribution in [3.63, 3.8) is 0 Å². The molecule has 1 aliphatic rings. The zero-order valence-electron chi connectivity index (χ0n) is 9.92. The smallest absolute Gasteiger partial charge is 0.214 e. The molecule has 1 aliphatic heterocycles. The molecule has 0 saturated carbocycles. The Bertz CT molecular complexity index is 430. The molecule has 0 aromatic rings. The second-order valence-corrected chi connectivity index (χ2v) is 8.76. The molecule has 1 atom stereocenters. The maximum atomic E-state index is 11.9. The number of rotatable bonds is 5. The van der Waals surface area contributed by atoms with Crippen molar-refractivity contribution in [3.05, 3.63) is 0 Å². The first-order valence-corrected chi connectivity index (χ1v) is 9.08. The average molecular weight is 284 g/mol. The van der Waals surface area contributed by atoms with Crippen LogP contribution in [0.15, 0.2) is 0 Å². The first-order chi connectivity index (χ1) is 7.77. The topological polar surface area (TPSA) is 106 Å². The van der Waals surface area contributed by atoms with Gasteiger partial charge in [-0.2, -0.15) is 0 Å². The predicted octanol–water partition coefficient (Wildman–Crippen LogP) is -0.780. The van der Waals surface area contributed by atoms with Crippen molar-refractivity contribution in [1.29, 1.82) is 0 Å². The molecule has 0 aromatic carbocycles. The predicted molar refractivity (Wildman–Crippen MR) is 66.9 cm³/mol. The zero-order chi connectivity index (χ0) is 13.1. The summed E-state index contributed by atoms with van der Waals surface area (Å²) in [5.74, 6) is -0.0865. The number of nitrogens with one attached hydrogen (secondary N) is 1. The molecule has 17 heavy (non-hydrogen) atoms. The summed E-state index contributed by atoms with van der Waals surface area (Å²) in [6.45, 7) is 2.09. The van der Waals surface area contributed by atoms with Crippen molar-refractivity contribution in [2.24, 2.45) is 5.73 Å². The van der Waals surface area contributed by atoms with Gasteiger partial charge in [-0.3, -0.25) is 0 Å². The number of nitrogens with two attached hydrogens (primary N) is 1. The fourth-order valence-corrected chi connectivity index (χ4v) is 4.99. The fourth-order valence-electron chi connectivity index (χ4n) is 1.66. The minimum atomic E-state index is -3.43. The second-order valence-electron chi connectivity index (χ2n) is 4.41. The molecule has 0 aromatic heterocycles. The summed E-state index contributed by atoms with van der Waals surface area (Å²) >= 11 is 0. The molecule has 0 radical (unpaired) electrons. The highest BCUT2D eigenvalue weighted by Gasteiger charge is 2.32. The minimum absolute atomic E-state index is 0.0432. The van der Waals surface area contributed by atoms with E-state index in [9.17, 15) is 16.8 Å². The van der Waals surface area contributed by atoms with Crippen molar-refractivity contribution in [3.8, 4) is 0 Å². The van der Waals surface area contributed by atoms with Crippen LogP contribution in [0.2, 0.25) is 0 Å². The molecule has 0 spiro atoms. The Balaban J connectivity index is 2.55. The van der Waals surface area contributed by atoms with E-state index in [1.807, 2.05) is 6.92 Å². The Morgan fingerprint density at radius 1 is 1.35 bits per heavy atom. The normalized spacial score (nSPS) is 23.4. The maximum absolute atomic E-state index is 11.9. The SMILES string of the molecule is CCC(N)CNS(=O)(=O)C1CCS(=O)(=O)CC1. The van der Waals surface area contributed by atoms with E-state index in [1.54, 1.807) is 0 Å². The quantitative estimate of drug-likeness (QED) is 0.689. The Hall–Kier alpha value is -0.180. The third kappa shape index (κ3) is 4.53. The Kier molecular flexibility index (Phi) is 4.94. The lowest BCUT2D eigenvalue weighted by Gasteiger charge is -2.23. The van der Waals surface area contributed by atoms with Gasteiger partial charge in [-0.1, -0.05) is 6.92 Å². The molecular weight excluding hydrogens is 264 g/mol. The van der Waals surface area contributed by atoms with Gasteiger partial charge in [-0.25, -0.2) is 21.6 Å². The van der Waals surface area contributed by atoms with Gasteiger partial charge in [0.15, 0.2) is 0 Å². The molecular formula is C9H20N2O4S2. The van der Waals surface area contributed by atoms with Gasteiger partial charge in [0, 0.05) is 12.6 Å². The highest BCUT2D eigenvalue weighted by molar-refractivity contribution is 7.92. The standard InChI is InChI=1S/C9H20N2O4S2/c1-2-8(10)7-11-17(14,15)9-3-5-16(12,13)6-4-9/h8-9,11H,2-7,10H2,1H3. The lowest BCUT2D eigenvalue weighted by atomic mass is 10.2. The number of sulfone groups is 1. The zero-order valence-corrected chi connectivity index (χ0v) is 11.6. The average Bonchev–Trinajstić information content (AvgIpc) is 2.25. The largest absolute Gasteiger partial charge is 0.327 e. The molecule has 0 aliphatic carbocycles. The summed E-state index contributed by atoms with van der Waals surface area (Å²) in [5.41, 5.74) is 5.63. The van der Waals surface area contributed by atoms with Gasteiger partial charge < -0.3 is 5.73 Å². The Labute approximate surface area is 103 Å². The Morgan fingerprint density at radius 2 is 1.88 bits per heavy atom. The molecule has 1 saturated heterocycles. The third-order valence-electron chi connectivity index (χ3n) is 3.01. The van der Waals surface area contributed by atoms with Crippen LogP contribution >= 0.6 is 0 Å². The van der Waals surface area contributed by atoms with E-state index in [2.05, 4.69) is 4.72 Å². The summed E-state index contributed by atoms with van der Waals surface area (Å²) in [5, 5.41) is -0.602. The molecule has 1 unspecified atom stereocenters. The number of sulfonamides is 1. The Morgan fingerprint density at radius 3 is 2.35 bits per heavy atom. The van der Waals surface area contributed by atoms with Gasteiger partial charge in [0.05, 0.1) is 16.8 Å². The van der Waals surface area contributed by atoms with Crippen molar-refractivity contribution >= 4 is 19.9 Å². The monoisotopic (exact) mass is 284 g/mol. The van der Waals surface area contributed by atoms with Gasteiger partial charge in [0.2, 0.25) is 10.0 Å². The van der Waals surface area contributed by atoms with E-state index < -0.39 is 25.1 Å². The molecule has 102 valence electrons. The van der Waals surface area contributed by atoms with E-state index in [1.165, 1.54) is 0 Å². The van der Waals surface area contributed by atoms with Crippen molar-refractivity contribution < 1.29 is 16.8 Å². The van der Waals surface area contributed by atoms with Crippen LogP contribution in [0.4, 0.5) is 0 Å². The van der Waals surface area contributed by atoms with Crippen molar-refractivity contribution in [1.82, 2.24) is 4.72 Å². The van der Waals surface area contributed by atoms with E-state index in [0.717, 1.165) is 0 Å². The van der Waals surface area contributed by atoms with Crippen LogP contribution in [0, 0.1) is 0 Å². The van der Waals surface area contributed by atoms with E-state index in [-0.39, 0.29) is 36.9 Å². The van der Waals surface area contributed by atoms with Crippen LogP contribution in [0.5, 0.6) is 0 Å². The van der Waals surface area contributed by atoms with Gasteiger partial charge >= 0.3 is 0 Å². The van der Waals surface area contributed by atoms with Gasteiger partial charge in [-0.05, 0) is 19.3 Å². The molecule has 0 bridgehead atoms. The maximum Gasteiger partial charge on any atom is 0.214 e. The van der Waals surface area contributed by atoms with E-state index >= 15 is 0 Å². The number of hydrogen-bond donors (Lipinski definition) is 2. The van der Waals surface area contributed by atoms with Crippen LogP contribution in [-0.4, -0.2) is 46.2 Å². The van der Waals surface area contributed by atoms with Gasteiger partial charge in [0.25, 0.3) is 0 Å². The van der Waals surface area contributed by atoms with E-state index in [0.29, 0.717) is 6.42 Å². The van der Waals surface area contributed by atoms with Crippen molar-refractivity contribution in [2.75, 3.05) is 18.1 Å². The lowest BCUT2D eigenvalue weighted by molar-refractivity contribution is 0.533. The van der Waals surface area contributed by atoms with Crippen LogP contribution in [-0.2, 0) is 19.9 Å². The molecule has 6 nitrogen and oxygen atoms in total.